The molecule has 0 aromatic carbocycles. The van der Waals surface area contributed by atoms with E-state index in [2.05, 4.69) is 5.32 Å². The second-order valence-corrected chi connectivity index (χ2v) is 5.30. The fourth-order valence-electron chi connectivity index (χ4n) is 2.75. The fourth-order valence-corrected chi connectivity index (χ4v) is 2.75. The average Bonchev–Trinajstić information content (AvgIpc) is 2.13. The van der Waals surface area contributed by atoms with Gasteiger partial charge in [0.2, 0.25) is 5.91 Å². The van der Waals surface area contributed by atoms with Gasteiger partial charge < -0.3 is 10.2 Å². The fraction of sp³-hybridized carbons (Fsp3) is 0.923. The predicted molar refractivity (Wildman–Crippen MR) is 72.5 cm³/mol. The molecular formula is C13H25ClN2O. The number of halogens is 1. The third kappa shape index (κ3) is 3.85. The van der Waals surface area contributed by atoms with Crippen LogP contribution in [0.15, 0.2) is 0 Å². The largest absolute Gasteiger partial charge is 0.342 e. The second-order valence-electron chi connectivity index (χ2n) is 5.30. The van der Waals surface area contributed by atoms with E-state index in [0.29, 0.717) is 11.9 Å². The van der Waals surface area contributed by atoms with Crippen molar-refractivity contribution in [2.24, 2.45) is 5.92 Å². The lowest BCUT2D eigenvalue weighted by molar-refractivity contribution is -0.138. The van der Waals surface area contributed by atoms with Crippen LogP contribution < -0.4 is 5.32 Å². The molecule has 0 aromatic heterocycles. The molecular weight excluding hydrogens is 236 g/mol. The third-order valence-electron chi connectivity index (χ3n) is 4.10. The summed E-state index contributed by atoms with van der Waals surface area (Å²) in [5.41, 5.74) is 0. The zero-order valence-corrected chi connectivity index (χ0v) is 11.6. The standard InChI is InChI=1S/C13H24N2O.ClH/c1-15(13(16)11-9-14-10-11)12-7-5-3-2-4-6-8-12;/h11-12,14H,2-10H2,1H3;1H. The Kier molecular flexibility index (Phi) is 6.28. The van der Waals surface area contributed by atoms with Gasteiger partial charge in [-0.05, 0) is 12.8 Å². The Hall–Kier alpha value is -0.280. The van der Waals surface area contributed by atoms with E-state index in [1.54, 1.807) is 0 Å². The molecule has 0 spiro atoms. The van der Waals surface area contributed by atoms with Gasteiger partial charge in [0.05, 0.1) is 5.92 Å². The van der Waals surface area contributed by atoms with Crippen molar-refractivity contribution in [2.45, 2.75) is 51.0 Å². The lowest BCUT2D eigenvalue weighted by Crippen LogP contribution is -2.53. The molecule has 1 saturated heterocycles. The Morgan fingerprint density at radius 3 is 2.06 bits per heavy atom. The molecule has 4 heteroatoms. The molecule has 1 amide bonds. The summed E-state index contributed by atoms with van der Waals surface area (Å²) >= 11 is 0. The molecule has 1 saturated carbocycles. The van der Waals surface area contributed by atoms with Gasteiger partial charge in [-0.1, -0.05) is 32.1 Å². The molecule has 17 heavy (non-hydrogen) atoms. The van der Waals surface area contributed by atoms with Gasteiger partial charge in [0.25, 0.3) is 0 Å². The van der Waals surface area contributed by atoms with E-state index in [-0.39, 0.29) is 18.3 Å². The molecule has 1 heterocycles. The monoisotopic (exact) mass is 260 g/mol. The molecule has 0 radical (unpaired) electrons. The van der Waals surface area contributed by atoms with E-state index in [1.165, 1.54) is 44.9 Å². The van der Waals surface area contributed by atoms with Gasteiger partial charge in [-0.25, -0.2) is 0 Å². The molecule has 1 aliphatic carbocycles. The predicted octanol–water partition coefficient (Wildman–Crippen LogP) is 2.20. The average molecular weight is 261 g/mol. The van der Waals surface area contributed by atoms with Crippen LogP contribution in [0.2, 0.25) is 0 Å². The highest BCUT2D eigenvalue weighted by atomic mass is 35.5. The van der Waals surface area contributed by atoms with E-state index in [9.17, 15) is 4.79 Å². The molecule has 2 rings (SSSR count). The van der Waals surface area contributed by atoms with E-state index in [0.717, 1.165) is 13.1 Å². The summed E-state index contributed by atoms with van der Waals surface area (Å²) in [6, 6.07) is 0.508. The molecule has 2 fully saturated rings. The maximum atomic E-state index is 12.1. The summed E-state index contributed by atoms with van der Waals surface area (Å²) in [6.07, 6.45) is 9.10. The number of hydrogen-bond acceptors (Lipinski definition) is 2. The summed E-state index contributed by atoms with van der Waals surface area (Å²) in [7, 11) is 2.01. The topological polar surface area (TPSA) is 32.3 Å². The van der Waals surface area contributed by atoms with E-state index >= 15 is 0 Å². The molecule has 0 bridgehead atoms. The smallest absolute Gasteiger partial charge is 0.228 e. The minimum Gasteiger partial charge on any atom is -0.342 e. The SMILES string of the molecule is CN(C(=O)C1CNC1)C1CCCCCCC1.Cl. The minimum atomic E-state index is 0. The van der Waals surface area contributed by atoms with Crippen molar-refractivity contribution in [1.29, 1.82) is 0 Å². The van der Waals surface area contributed by atoms with Gasteiger partial charge in [-0.2, -0.15) is 0 Å². The lowest BCUT2D eigenvalue weighted by Gasteiger charge is -2.35. The van der Waals surface area contributed by atoms with Crippen LogP contribution >= 0.6 is 12.4 Å². The van der Waals surface area contributed by atoms with Gasteiger partial charge in [0.15, 0.2) is 0 Å². The van der Waals surface area contributed by atoms with Crippen molar-refractivity contribution in [2.75, 3.05) is 20.1 Å². The van der Waals surface area contributed by atoms with Gasteiger partial charge in [-0.15, -0.1) is 12.4 Å². The summed E-state index contributed by atoms with van der Waals surface area (Å²) in [5, 5.41) is 3.17. The zero-order chi connectivity index (χ0) is 11.4. The van der Waals surface area contributed by atoms with Gasteiger partial charge >= 0.3 is 0 Å². The maximum absolute atomic E-state index is 12.1. The Morgan fingerprint density at radius 2 is 1.59 bits per heavy atom. The first-order chi connectivity index (χ1) is 7.79. The van der Waals surface area contributed by atoms with Crippen molar-refractivity contribution in [3.8, 4) is 0 Å². The number of carbonyl (C=O) groups is 1. The lowest BCUT2D eigenvalue weighted by atomic mass is 9.94. The van der Waals surface area contributed by atoms with Crippen molar-refractivity contribution < 1.29 is 4.79 Å². The summed E-state index contributed by atoms with van der Waals surface area (Å²) in [5.74, 6) is 0.625. The van der Waals surface area contributed by atoms with Gasteiger partial charge in [-0.3, -0.25) is 4.79 Å². The van der Waals surface area contributed by atoms with Crippen LogP contribution in [0.5, 0.6) is 0 Å². The third-order valence-corrected chi connectivity index (χ3v) is 4.10. The van der Waals surface area contributed by atoms with Crippen LogP contribution in [0.3, 0.4) is 0 Å². The van der Waals surface area contributed by atoms with Crippen LogP contribution in [0.25, 0.3) is 0 Å². The minimum absolute atomic E-state index is 0. The van der Waals surface area contributed by atoms with Crippen LogP contribution in [0.4, 0.5) is 0 Å². The quantitative estimate of drug-likeness (QED) is 0.826. The molecule has 0 aromatic rings. The molecule has 2 aliphatic rings. The molecule has 0 unspecified atom stereocenters. The zero-order valence-electron chi connectivity index (χ0n) is 10.8. The summed E-state index contributed by atoms with van der Waals surface area (Å²) in [6.45, 7) is 1.77. The number of amides is 1. The van der Waals surface area contributed by atoms with Crippen LogP contribution in [0.1, 0.15) is 44.9 Å². The number of nitrogens with zero attached hydrogens (tertiary/aromatic N) is 1. The van der Waals surface area contributed by atoms with Gasteiger partial charge in [0, 0.05) is 26.2 Å². The maximum Gasteiger partial charge on any atom is 0.228 e. The van der Waals surface area contributed by atoms with Crippen molar-refractivity contribution in [3.63, 3.8) is 0 Å². The molecule has 1 N–H and O–H groups in total. The Labute approximate surface area is 111 Å². The number of carbonyl (C=O) groups excluding carboxylic acids is 1. The number of hydrogen-bond donors (Lipinski definition) is 1. The number of rotatable bonds is 2. The Bertz CT molecular complexity index is 236. The van der Waals surface area contributed by atoms with Crippen LogP contribution in [-0.4, -0.2) is 37.0 Å². The van der Waals surface area contributed by atoms with E-state index < -0.39 is 0 Å². The highest BCUT2D eigenvalue weighted by molar-refractivity contribution is 5.85. The normalized spacial score (nSPS) is 22.9. The summed E-state index contributed by atoms with van der Waals surface area (Å²) < 4.78 is 0. The second kappa shape index (κ2) is 7.22. The van der Waals surface area contributed by atoms with E-state index in [4.69, 9.17) is 0 Å². The Balaban J connectivity index is 0.00000144. The van der Waals surface area contributed by atoms with Crippen molar-refractivity contribution in [3.05, 3.63) is 0 Å². The first-order valence-electron chi connectivity index (χ1n) is 6.76. The van der Waals surface area contributed by atoms with E-state index in [1.807, 2.05) is 11.9 Å². The van der Waals surface area contributed by atoms with Crippen molar-refractivity contribution in [1.82, 2.24) is 10.2 Å². The first kappa shape index (κ1) is 14.8. The van der Waals surface area contributed by atoms with Gasteiger partial charge in [0.1, 0.15) is 0 Å². The highest BCUT2D eigenvalue weighted by Gasteiger charge is 2.30. The first-order valence-corrected chi connectivity index (χ1v) is 6.76. The highest BCUT2D eigenvalue weighted by Crippen LogP contribution is 2.22. The molecule has 3 nitrogen and oxygen atoms in total. The van der Waals surface area contributed by atoms with Crippen LogP contribution in [-0.2, 0) is 4.79 Å². The molecule has 1 aliphatic heterocycles. The summed E-state index contributed by atoms with van der Waals surface area (Å²) in [4.78, 5) is 14.1. The van der Waals surface area contributed by atoms with Crippen molar-refractivity contribution >= 4 is 18.3 Å². The number of nitrogens with one attached hydrogen (secondary N) is 1. The molecule has 0 atom stereocenters. The van der Waals surface area contributed by atoms with Crippen LogP contribution in [0, 0.1) is 5.92 Å². The Morgan fingerprint density at radius 1 is 1.06 bits per heavy atom. The molecule has 100 valence electrons.